The standard InChI is InChI=1S/C25H28N2O4/c28-23(29)25(11-13-27(14-12-25)15-17-9-10-17)26-24(30)31-16-22-20-7-3-1-5-18(20)19-6-2-4-8-21(19)22/h1-8,17,22H,9-16H2,(H,26,30)(H,28,29). The summed E-state index contributed by atoms with van der Waals surface area (Å²) in [4.78, 5) is 27.0. The summed E-state index contributed by atoms with van der Waals surface area (Å²) in [6.07, 6.45) is 2.70. The number of fused-ring (bicyclic) bond motifs is 3. The van der Waals surface area contributed by atoms with Gasteiger partial charge in [0.15, 0.2) is 0 Å². The molecule has 1 heterocycles. The van der Waals surface area contributed by atoms with Gasteiger partial charge in [0.05, 0.1) is 0 Å². The topological polar surface area (TPSA) is 78.9 Å². The van der Waals surface area contributed by atoms with Crippen molar-refractivity contribution >= 4 is 12.1 Å². The van der Waals surface area contributed by atoms with Crippen molar-refractivity contribution in [2.24, 2.45) is 5.92 Å². The van der Waals surface area contributed by atoms with Gasteiger partial charge in [-0.3, -0.25) is 0 Å². The molecule has 162 valence electrons. The number of nitrogens with zero attached hydrogens (tertiary/aromatic N) is 1. The summed E-state index contributed by atoms with van der Waals surface area (Å²) < 4.78 is 5.59. The van der Waals surface area contributed by atoms with E-state index >= 15 is 0 Å². The number of amides is 1. The zero-order valence-corrected chi connectivity index (χ0v) is 17.5. The van der Waals surface area contributed by atoms with Crippen LogP contribution in [0.25, 0.3) is 11.1 Å². The summed E-state index contributed by atoms with van der Waals surface area (Å²) in [7, 11) is 0. The molecular weight excluding hydrogens is 392 g/mol. The van der Waals surface area contributed by atoms with E-state index in [4.69, 9.17) is 4.74 Å². The van der Waals surface area contributed by atoms with Crippen LogP contribution in [-0.2, 0) is 9.53 Å². The first kappa shape index (κ1) is 20.1. The molecule has 1 aliphatic heterocycles. The van der Waals surface area contributed by atoms with E-state index in [-0.39, 0.29) is 12.5 Å². The van der Waals surface area contributed by atoms with E-state index < -0.39 is 17.6 Å². The van der Waals surface area contributed by atoms with E-state index in [2.05, 4.69) is 34.5 Å². The van der Waals surface area contributed by atoms with E-state index in [0.717, 1.165) is 34.7 Å². The number of piperidine rings is 1. The number of carboxylic acid groups (broad SMARTS) is 1. The molecular formula is C25H28N2O4. The first-order valence-corrected chi connectivity index (χ1v) is 11.1. The van der Waals surface area contributed by atoms with Gasteiger partial charge < -0.3 is 20.1 Å². The predicted molar refractivity (Wildman–Crippen MR) is 117 cm³/mol. The summed E-state index contributed by atoms with van der Waals surface area (Å²) in [5.41, 5.74) is 3.35. The Morgan fingerprint density at radius 1 is 1.00 bits per heavy atom. The molecule has 6 heteroatoms. The van der Waals surface area contributed by atoms with Crippen LogP contribution in [-0.4, -0.2) is 53.8 Å². The van der Waals surface area contributed by atoms with Gasteiger partial charge in [-0.15, -0.1) is 0 Å². The Balaban J connectivity index is 1.24. The van der Waals surface area contributed by atoms with Gasteiger partial charge >= 0.3 is 12.1 Å². The highest BCUT2D eigenvalue weighted by Crippen LogP contribution is 2.44. The van der Waals surface area contributed by atoms with Gasteiger partial charge in [-0.25, -0.2) is 9.59 Å². The second-order valence-corrected chi connectivity index (χ2v) is 9.08. The molecule has 0 spiro atoms. The van der Waals surface area contributed by atoms with Crippen LogP contribution in [0.5, 0.6) is 0 Å². The van der Waals surface area contributed by atoms with E-state index in [9.17, 15) is 14.7 Å². The number of ether oxygens (including phenoxy) is 1. The molecule has 2 aromatic rings. The van der Waals surface area contributed by atoms with Gasteiger partial charge in [-0.1, -0.05) is 48.5 Å². The molecule has 0 unspecified atom stereocenters. The number of hydrogen-bond donors (Lipinski definition) is 2. The predicted octanol–water partition coefficient (Wildman–Crippen LogP) is 3.85. The third-order valence-electron chi connectivity index (χ3n) is 7.02. The molecule has 3 aliphatic rings. The fourth-order valence-electron chi connectivity index (χ4n) is 5.01. The molecule has 2 fully saturated rings. The maximum absolute atomic E-state index is 12.7. The highest BCUT2D eigenvalue weighted by Gasteiger charge is 2.44. The van der Waals surface area contributed by atoms with Crippen molar-refractivity contribution < 1.29 is 19.4 Å². The van der Waals surface area contributed by atoms with Crippen molar-refractivity contribution in [2.45, 2.75) is 37.1 Å². The van der Waals surface area contributed by atoms with E-state index in [1.165, 1.54) is 12.8 Å². The number of hydrogen-bond acceptors (Lipinski definition) is 4. The SMILES string of the molecule is O=C(NC1(C(=O)O)CCN(CC2CC2)CC1)OCC1c2ccccc2-c2ccccc21. The van der Waals surface area contributed by atoms with E-state index in [0.29, 0.717) is 25.9 Å². The number of likely N-dealkylation sites (tertiary alicyclic amines) is 1. The molecule has 0 aromatic heterocycles. The van der Waals surface area contributed by atoms with Crippen LogP contribution in [0.2, 0.25) is 0 Å². The number of alkyl carbamates (subject to hydrolysis) is 1. The van der Waals surface area contributed by atoms with Gasteiger partial charge in [-0.05, 0) is 53.9 Å². The number of rotatable bonds is 6. The van der Waals surface area contributed by atoms with Crippen molar-refractivity contribution in [3.05, 3.63) is 59.7 Å². The molecule has 0 atom stereocenters. The monoisotopic (exact) mass is 420 g/mol. The fraction of sp³-hybridized carbons (Fsp3) is 0.440. The van der Waals surface area contributed by atoms with Gasteiger partial charge in [0, 0.05) is 25.6 Å². The van der Waals surface area contributed by atoms with Crippen LogP contribution in [0, 0.1) is 5.92 Å². The van der Waals surface area contributed by atoms with Crippen LogP contribution in [0.4, 0.5) is 4.79 Å². The lowest BCUT2D eigenvalue weighted by Gasteiger charge is -2.39. The molecule has 0 radical (unpaired) electrons. The van der Waals surface area contributed by atoms with Gasteiger partial charge in [-0.2, -0.15) is 0 Å². The highest BCUT2D eigenvalue weighted by atomic mass is 16.5. The lowest BCUT2D eigenvalue weighted by molar-refractivity contribution is -0.146. The lowest BCUT2D eigenvalue weighted by Crippen LogP contribution is -2.60. The largest absolute Gasteiger partial charge is 0.480 e. The average Bonchev–Trinajstić information content (AvgIpc) is 3.54. The minimum Gasteiger partial charge on any atom is -0.480 e. The molecule has 1 saturated heterocycles. The molecule has 2 aliphatic carbocycles. The zero-order chi connectivity index (χ0) is 21.4. The van der Waals surface area contributed by atoms with Crippen molar-refractivity contribution in [1.29, 1.82) is 0 Å². The van der Waals surface area contributed by atoms with Crippen LogP contribution in [0.15, 0.2) is 48.5 Å². The molecule has 6 nitrogen and oxygen atoms in total. The van der Waals surface area contributed by atoms with E-state index in [1.807, 2.05) is 24.3 Å². The maximum atomic E-state index is 12.7. The average molecular weight is 421 g/mol. The summed E-state index contributed by atoms with van der Waals surface area (Å²) in [6.45, 7) is 2.60. The fourth-order valence-corrected chi connectivity index (χ4v) is 5.01. The Morgan fingerprint density at radius 2 is 1.58 bits per heavy atom. The minimum atomic E-state index is -1.25. The third-order valence-corrected chi connectivity index (χ3v) is 7.02. The Morgan fingerprint density at radius 3 is 2.13 bits per heavy atom. The summed E-state index contributed by atoms with van der Waals surface area (Å²) in [5.74, 6) is -0.251. The second-order valence-electron chi connectivity index (χ2n) is 9.08. The molecule has 1 amide bonds. The third kappa shape index (κ3) is 3.92. The van der Waals surface area contributed by atoms with Crippen molar-refractivity contribution in [3.63, 3.8) is 0 Å². The quantitative estimate of drug-likeness (QED) is 0.742. The molecule has 5 rings (SSSR count). The number of aliphatic carboxylic acids is 1. The molecule has 0 bridgehead atoms. The van der Waals surface area contributed by atoms with Crippen LogP contribution in [0.1, 0.15) is 42.7 Å². The summed E-state index contributed by atoms with van der Waals surface area (Å²) in [6, 6.07) is 16.3. The number of benzene rings is 2. The number of carboxylic acids is 1. The van der Waals surface area contributed by atoms with Crippen molar-refractivity contribution in [2.75, 3.05) is 26.2 Å². The lowest BCUT2D eigenvalue weighted by atomic mass is 9.87. The van der Waals surface area contributed by atoms with Crippen LogP contribution < -0.4 is 5.32 Å². The smallest absolute Gasteiger partial charge is 0.408 e. The van der Waals surface area contributed by atoms with Crippen molar-refractivity contribution in [1.82, 2.24) is 10.2 Å². The Hall–Kier alpha value is -2.86. The summed E-state index contributed by atoms with van der Waals surface area (Å²) in [5, 5.41) is 12.6. The van der Waals surface area contributed by atoms with Crippen LogP contribution >= 0.6 is 0 Å². The Labute approximate surface area is 182 Å². The molecule has 2 aromatic carbocycles. The zero-order valence-electron chi connectivity index (χ0n) is 17.5. The highest BCUT2D eigenvalue weighted by molar-refractivity contribution is 5.85. The Kier molecular flexibility index (Phi) is 5.18. The first-order valence-electron chi connectivity index (χ1n) is 11.1. The summed E-state index contributed by atoms with van der Waals surface area (Å²) >= 11 is 0. The molecule has 1 saturated carbocycles. The van der Waals surface area contributed by atoms with E-state index in [1.54, 1.807) is 0 Å². The molecule has 2 N–H and O–H groups in total. The second kappa shape index (κ2) is 8.00. The number of nitrogens with one attached hydrogen (secondary N) is 1. The Bertz CT molecular complexity index is 947. The minimum absolute atomic E-state index is 0.0423. The van der Waals surface area contributed by atoms with Gasteiger partial charge in [0.2, 0.25) is 0 Å². The van der Waals surface area contributed by atoms with Crippen molar-refractivity contribution in [3.8, 4) is 11.1 Å². The van der Waals surface area contributed by atoms with Gasteiger partial charge in [0.25, 0.3) is 0 Å². The normalized spacial score (nSPS) is 20.0. The maximum Gasteiger partial charge on any atom is 0.408 e. The van der Waals surface area contributed by atoms with Crippen LogP contribution in [0.3, 0.4) is 0 Å². The number of carbonyl (C=O) groups excluding carboxylic acids is 1. The number of carbonyl (C=O) groups is 2. The van der Waals surface area contributed by atoms with Gasteiger partial charge in [0.1, 0.15) is 12.1 Å². The first-order chi connectivity index (χ1) is 15.1. The molecule has 31 heavy (non-hydrogen) atoms.